The van der Waals surface area contributed by atoms with Crippen molar-refractivity contribution in [2.45, 2.75) is 33.3 Å². The Labute approximate surface area is 104 Å². The van der Waals surface area contributed by atoms with Crippen LogP contribution in [0.1, 0.15) is 27.7 Å². The van der Waals surface area contributed by atoms with Crippen LogP contribution in [0.2, 0.25) is 0 Å². The molecule has 1 aromatic rings. The van der Waals surface area contributed by atoms with Crippen LogP contribution in [0.5, 0.6) is 5.75 Å². The number of ether oxygens (including phenoxy) is 1. The summed E-state index contributed by atoms with van der Waals surface area (Å²) in [6, 6.07) is 7.27. The molecule has 0 saturated carbocycles. The fourth-order valence-corrected chi connectivity index (χ4v) is 1.36. The van der Waals surface area contributed by atoms with Gasteiger partial charge in [0.1, 0.15) is 17.0 Å². The van der Waals surface area contributed by atoms with E-state index >= 15 is 0 Å². The van der Waals surface area contributed by atoms with Crippen molar-refractivity contribution in [3.05, 3.63) is 31.3 Å². The number of hydrogen-bond donors (Lipinski definition) is 0. The van der Waals surface area contributed by atoms with E-state index in [0.717, 1.165) is 11.4 Å². The molecule has 3 heteroatoms. The third-order valence-corrected chi connectivity index (χ3v) is 2.45. The third-order valence-electron chi connectivity index (χ3n) is 2.45. The zero-order valence-corrected chi connectivity index (χ0v) is 11.2. The van der Waals surface area contributed by atoms with E-state index in [1.165, 1.54) is 6.92 Å². The van der Waals surface area contributed by atoms with Crippen molar-refractivity contribution < 1.29 is 9.53 Å². The Morgan fingerprint density at radius 2 is 1.71 bits per heavy atom. The summed E-state index contributed by atoms with van der Waals surface area (Å²) in [6.07, 6.45) is 0. The lowest BCUT2D eigenvalue weighted by molar-refractivity contribution is -0.124. The first-order chi connectivity index (χ1) is 7.63. The van der Waals surface area contributed by atoms with Crippen LogP contribution in [0.25, 0.3) is 0 Å². The highest BCUT2D eigenvalue weighted by molar-refractivity contribution is 5.86. The lowest BCUT2D eigenvalue weighted by Crippen LogP contribution is -2.42. The summed E-state index contributed by atoms with van der Waals surface area (Å²) in [7, 11) is 7.56. The van der Waals surface area contributed by atoms with Gasteiger partial charge in [0.15, 0.2) is 0 Å². The minimum atomic E-state index is -0.254. The zero-order valence-electron chi connectivity index (χ0n) is 11.2. The molecule has 1 amide bonds. The van der Waals surface area contributed by atoms with Crippen LogP contribution in [0.4, 0.5) is 5.69 Å². The summed E-state index contributed by atoms with van der Waals surface area (Å²) in [5.74, 6) is 0.652. The van der Waals surface area contributed by atoms with E-state index < -0.39 is 0 Å². The van der Waals surface area contributed by atoms with Gasteiger partial charge in [0.05, 0.1) is 14.0 Å². The number of quaternary nitrogens is 1. The van der Waals surface area contributed by atoms with E-state index in [1.54, 1.807) is 7.05 Å². The standard InChI is InChI=1S/C14H20NO2/c1-11(16)15(5,6)12-7-9-13(10-8-12)17-14(2,3)4/h5,7-10H,1-4,6H3/q+1. The average molecular weight is 234 g/mol. The van der Waals surface area contributed by atoms with Crippen molar-refractivity contribution in [2.75, 3.05) is 7.05 Å². The monoisotopic (exact) mass is 234 g/mol. The SMILES string of the molecule is [CH][N+](C)(C(C)=O)c1ccc(OC(C)(C)C)cc1. The Kier molecular flexibility index (Phi) is 3.62. The van der Waals surface area contributed by atoms with Gasteiger partial charge in [-0.3, -0.25) is 0 Å². The Bertz CT molecular complexity index is 399. The molecule has 0 saturated heterocycles. The molecule has 0 N–H and O–H groups in total. The van der Waals surface area contributed by atoms with Crippen LogP contribution < -0.4 is 9.22 Å². The third kappa shape index (κ3) is 3.56. The second-order valence-corrected chi connectivity index (χ2v) is 5.30. The van der Waals surface area contributed by atoms with Crippen molar-refractivity contribution >= 4 is 11.6 Å². The maximum absolute atomic E-state index is 11.4. The fraction of sp³-hybridized carbons (Fsp3) is 0.429. The summed E-state index contributed by atoms with van der Waals surface area (Å²) in [5, 5.41) is 0. The lowest BCUT2D eigenvalue weighted by atomic mass is 10.2. The molecule has 1 rings (SSSR count). The summed E-state index contributed by atoms with van der Waals surface area (Å²) in [5.41, 5.74) is 0.502. The summed E-state index contributed by atoms with van der Waals surface area (Å²) in [4.78, 5) is 11.4. The first kappa shape index (κ1) is 13.7. The van der Waals surface area contributed by atoms with Crippen molar-refractivity contribution in [3.63, 3.8) is 0 Å². The molecule has 1 aromatic carbocycles. The van der Waals surface area contributed by atoms with Gasteiger partial charge in [-0.1, -0.05) is 0 Å². The predicted octanol–water partition coefficient (Wildman–Crippen LogP) is 3.02. The van der Waals surface area contributed by atoms with Gasteiger partial charge in [-0.25, -0.2) is 9.28 Å². The van der Waals surface area contributed by atoms with Gasteiger partial charge in [-0.2, -0.15) is 0 Å². The molecule has 17 heavy (non-hydrogen) atoms. The van der Waals surface area contributed by atoms with Crippen molar-refractivity contribution in [1.29, 1.82) is 0 Å². The molecule has 1 unspecified atom stereocenters. The molecule has 0 aliphatic rings. The Hall–Kier alpha value is -1.35. The van der Waals surface area contributed by atoms with Crippen LogP contribution in [-0.2, 0) is 4.79 Å². The maximum atomic E-state index is 11.4. The zero-order chi connectivity index (χ0) is 13.3. The first-order valence-corrected chi connectivity index (χ1v) is 5.59. The minimum Gasteiger partial charge on any atom is -0.488 e. The molecule has 0 aliphatic carbocycles. The summed E-state index contributed by atoms with van der Waals surface area (Å²) >= 11 is 0. The molecular weight excluding hydrogens is 214 g/mol. The van der Waals surface area contributed by atoms with Gasteiger partial charge >= 0.3 is 5.91 Å². The van der Waals surface area contributed by atoms with Gasteiger partial charge in [0, 0.05) is 12.1 Å². The Morgan fingerprint density at radius 3 is 2.06 bits per heavy atom. The van der Waals surface area contributed by atoms with E-state index in [-0.39, 0.29) is 16.0 Å². The number of amides is 1. The topological polar surface area (TPSA) is 26.3 Å². The first-order valence-electron chi connectivity index (χ1n) is 5.59. The van der Waals surface area contributed by atoms with Gasteiger partial charge in [0.2, 0.25) is 7.05 Å². The highest BCUT2D eigenvalue weighted by Crippen LogP contribution is 2.25. The number of nitrogens with zero attached hydrogens (tertiary/aromatic N) is 1. The number of benzene rings is 1. The highest BCUT2D eigenvalue weighted by Gasteiger charge is 2.26. The second-order valence-electron chi connectivity index (χ2n) is 5.30. The molecular formula is C14H20NO2+. The van der Waals surface area contributed by atoms with E-state index in [0.29, 0.717) is 0 Å². The van der Waals surface area contributed by atoms with E-state index in [1.807, 2.05) is 45.0 Å². The normalized spacial score (nSPS) is 12.4. The van der Waals surface area contributed by atoms with Crippen LogP contribution >= 0.6 is 0 Å². The predicted molar refractivity (Wildman–Crippen MR) is 69.5 cm³/mol. The molecule has 0 aliphatic heterocycles. The van der Waals surface area contributed by atoms with Crippen LogP contribution in [0, 0.1) is 7.05 Å². The molecule has 0 spiro atoms. The minimum absolute atomic E-state index is 0.116. The van der Waals surface area contributed by atoms with Crippen LogP contribution in [0.3, 0.4) is 0 Å². The smallest absolute Gasteiger partial charge is 0.316 e. The van der Waals surface area contributed by atoms with Gasteiger partial charge in [0.25, 0.3) is 0 Å². The van der Waals surface area contributed by atoms with Crippen LogP contribution in [-0.4, -0.2) is 18.6 Å². The molecule has 0 heterocycles. The fourth-order valence-electron chi connectivity index (χ4n) is 1.36. The van der Waals surface area contributed by atoms with Gasteiger partial charge in [-0.15, -0.1) is 0 Å². The molecule has 0 aromatic heterocycles. The van der Waals surface area contributed by atoms with Crippen molar-refractivity contribution in [2.24, 2.45) is 0 Å². The summed E-state index contributed by atoms with van der Waals surface area (Å²) < 4.78 is 5.44. The number of hydrogen-bond acceptors (Lipinski definition) is 2. The van der Waals surface area contributed by atoms with Crippen molar-refractivity contribution in [3.8, 4) is 5.75 Å². The highest BCUT2D eigenvalue weighted by atomic mass is 16.5. The number of rotatable bonds is 2. The second kappa shape index (κ2) is 4.49. The number of carbonyl (C=O) groups is 1. The largest absolute Gasteiger partial charge is 0.488 e. The quantitative estimate of drug-likeness (QED) is 0.735. The molecule has 1 atom stereocenters. The van der Waals surface area contributed by atoms with E-state index in [2.05, 4.69) is 0 Å². The van der Waals surface area contributed by atoms with E-state index in [9.17, 15) is 4.79 Å². The van der Waals surface area contributed by atoms with E-state index in [4.69, 9.17) is 11.8 Å². The van der Waals surface area contributed by atoms with Gasteiger partial charge in [-0.05, 0) is 32.9 Å². The average Bonchev–Trinajstić information content (AvgIpc) is 2.15. The molecule has 0 bridgehead atoms. The number of carbonyl (C=O) groups excluding carboxylic acids is 1. The summed E-state index contributed by atoms with van der Waals surface area (Å²) in [6.45, 7) is 7.43. The Balaban J connectivity index is 2.93. The molecule has 0 fully saturated rings. The van der Waals surface area contributed by atoms with Crippen LogP contribution in [0.15, 0.2) is 24.3 Å². The molecule has 92 valence electrons. The molecule has 3 nitrogen and oxygen atoms in total. The lowest BCUT2D eigenvalue weighted by Gasteiger charge is -2.24. The van der Waals surface area contributed by atoms with Gasteiger partial charge < -0.3 is 4.74 Å². The Morgan fingerprint density at radius 1 is 1.24 bits per heavy atom. The van der Waals surface area contributed by atoms with Crippen molar-refractivity contribution in [1.82, 2.24) is 4.48 Å². The maximum Gasteiger partial charge on any atom is 0.316 e. The molecule has 2 radical (unpaired) electrons.